The molecular weight excluding hydrogens is 496 g/mol. The van der Waals surface area contributed by atoms with Crippen LogP contribution in [0, 0.1) is 24.0 Å². The van der Waals surface area contributed by atoms with Crippen molar-refractivity contribution in [3.8, 4) is 5.75 Å². The fourth-order valence-electron chi connectivity index (χ4n) is 4.51. The number of hydrogen-bond acceptors (Lipinski definition) is 6. The molecule has 3 rings (SSSR count). The molecule has 0 radical (unpaired) electrons. The smallest absolute Gasteiger partial charge is 0.269 e. The number of nitro groups is 1. The molecule has 0 aromatic heterocycles. The summed E-state index contributed by atoms with van der Waals surface area (Å²) in [7, 11) is 0. The van der Waals surface area contributed by atoms with Crippen molar-refractivity contribution < 1.29 is 19.2 Å². The third-order valence-corrected chi connectivity index (χ3v) is 6.83. The molecule has 4 N–H and O–H groups in total. The molecule has 0 heterocycles. The highest BCUT2D eigenvalue weighted by atomic mass is 16.6. The van der Waals surface area contributed by atoms with Gasteiger partial charge in [-0.3, -0.25) is 19.7 Å². The molecule has 9 nitrogen and oxygen atoms in total. The van der Waals surface area contributed by atoms with E-state index in [1.54, 1.807) is 19.1 Å². The molecular formula is C30H36N4O5. The van der Waals surface area contributed by atoms with E-state index in [9.17, 15) is 19.7 Å². The summed E-state index contributed by atoms with van der Waals surface area (Å²) in [5, 5.41) is 10.8. The number of hydrogen-bond donors (Lipinski definition) is 2. The lowest BCUT2D eigenvalue weighted by atomic mass is 9.95. The molecule has 0 saturated carbocycles. The van der Waals surface area contributed by atoms with Gasteiger partial charge in [0.25, 0.3) is 5.69 Å². The molecule has 2 atom stereocenters. The zero-order valence-electron chi connectivity index (χ0n) is 22.6. The number of ether oxygens (including phenoxy) is 1. The molecule has 2 amide bonds. The maximum atomic E-state index is 13.4. The minimum Gasteiger partial charge on any atom is -0.489 e. The summed E-state index contributed by atoms with van der Waals surface area (Å²) in [4.78, 5) is 37.2. The van der Waals surface area contributed by atoms with E-state index in [0.717, 1.165) is 34.2 Å². The Balaban J connectivity index is 1.65. The third-order valence-electron chi connectivity index (χ3n) is 6.83. The average molecular weight is 533 g/mol. The van der Waals surface area contributed by atoms with Crippen LogP contribution in [-0.4, -0.2) is 40.3 Å². The Morgan fingerprint density at radius 1 is 1.00 bits per heavy atom. The number of nitrogens with two attached hydrogens (primary N) is 2. The highest BCUT2D eigenvalue weighted by Crippen LogP contribution is 2.25. The van der Waals surface area contributed by atoms with Crippen molar-refractivity contribution in [1.29, 1.82) is 0 Å². The molecule has 0 aliphatic rings. The Hall–Kier alpha value is -4.24. The van der Waals surface area contributed by atoms with E-state index in [-0.39, 0.29) is 18.2 Å². The molecule has 0 aliphatic heterocycles. The summed E-state index contributed by atoms with van der Waals surface area (Å²) < 4.78 is 5.91. The van der Waals surface area contributed by atoms with Gasteiger partial charge in [-0.25, -0.2) is 0 Å². The zero-order valence-corrected chi connectivity index (χ0v) is 22.6. The predicted octanol–water partition coefficient (Wildman–Crippen LogP) is 4.00. The fraction of sp³-hybridized carbons (Fsp3) is 0.333. The Labute approximate surface area is 228 Å². The second-order valence-electron chi connectivity index (χ2n) is 9.76. The monoisotopic (exact) mass is 532 g/mol. The number of aryl methyl sites for hydroxylation is 3. The topological polar surface area (TPSA) is 142 Å². The van der Waals surface area contributed by atoms with E-state index in [2.05, 4.69) is 0 Å². The number of nitrogens with zero attached hydrogens (tertiary/aromatic N) is 2. The first-order chi connectivity index (χ1) is 18.6. The first kappa shape index (κ1) is 29.3. The van der Waals surface area contributed by atoms with Crippen molar-refractivity contribution in [3.05, 3.63) is 105 Å². The van der Waals surface area contributed by atoms with Crippen LogP contribution in [0.25, 0.3) is 0 Å². The summed E-state index contributed by atoms with van der Waals surface area (Å²) >= 11 is 0. The SMILES string of the molecule is Cc1cc(OCc2ccc([N+](=O)[O-])cc2)cc(C)c1C[C@H](N)C(=O)N(CCCc1ccccc1)[C@H](C)C(N)=O. The van der Waals surface area contributed by atoms with Gasteiger partial charge in [-0.1, -0.05) is 30.3 Å². The van der Waals surface area contributed by atoms with Crippen molar-refractivity contribution in [2.45, 2.75) is 58.7 Å². The third kappa shape index (κ3) is 8.12. The van der Waals surface area contributed by atoms with Crippen LogP contribution >= 0.6 is 0 Å². The molecule has 39 heavy (non-hydrogen) atoms. The van der Waals surface area contributed by atoms with Gasteiger partial charge in [0.15, 0.2) is 0 Å². The molecule has 206 valence electrons. The Morgan fingerprint density at radius 2 is 1.62 bits per heavy atom. The van der Waals surface area contributed by atoms with Gasteiger partial charge in [-0.05, 0) is 92.1 Å². The Kier molecular flexibility index (Phi) is 10.2. The zero-order chi connectivity index (χ0) is 28.5. The molecule has 0 aliphatic carbocycles. The minimum absolute atomic E-state index is 0.0284. The fourth-order valence-corrected chi connectivity index (χ4v) is 4.51. The second kappa shape index (κ2) is 13.5. The van der Waals surface area contributed by atoms with E-state index in [4.69, 9.17) is 16.2 Å². The van der Waals surface area contributed by atoms with Crippen molar-refractivity contribution >= 4 is 17.5 Å². The summed E-state index contributed by atoms with van der Waals surface area (Å²) in [5.41, 5.74) is 16.7. The van der Waals surface area contributed by atoms with Crippen LogP contribution in [-0.2, 0) is 29.0 Å². The van der Waals surface area contributed by atoms with Gasteiger partial charge in [-0.15, -0.1) is 0 Å². The summed E-state index contributed by atoms with van der Waals surface area (Å²) in [6.07, 6.45) is 1.75. The lowest BCUT2D eigenvalue weighted by Crippen LogP contribution is -2.53. The summed E-state index contributed by atoms with van der Waals surface area (Å²) in [6.45, 7) is 6.13. The molecule has 0 saturated heterocycles. The van der Waals surface area contributed by atoms with Gasteiger partial charge >= 0.3 is 0 Å². The van der Waals surface area contributed by atoms with E-state index in [1.807, 2.05) is 56.3 Å². The van der Waals surface area contributed by atoms with Crippen LogP contribution in [0.2, 0.25) is 0 Å². The number of benzene rings is 3. The highest BCUT2D eigenvalue weighted by Gasteiger charge is 2.28. The van der Waals surface area contributed by atoms with Crippen LogP contribution in [0.1, 0.15) is 41.2 Å². The van der Waals surface area contributed by atoms with E-state index < -0.39 is 22.9 Å². The first-order valence-corrected chi connectivity index (χ1v) is 12.9. The molecule has 9 heteroatoms. The van der Waals surface area contributed by atoms with Gasteiger partial charge in [0.1, 0.15) is 18.4 Å². The highest BCUT2D eigenvalue weighted by molar-refractivity contribution is 5.89. The number of primary amides is 1. The quantitative estimate of drug-likeness (QED) is 0.252. The number of nitro benzene ring substituents is 1. The largest absolute Gasteiger partial charge is 0.489 e. The molecule has 0 bridgehead atoms. The standard InChI is InChI=1S/C30H36N4O5/c1-20-16-26(39-19-24-11-13-25(14-12-24)34(37)38)17-21(2)27(20)18-28(31)30(36)33(22(3)29(32)35)15-7-10-23-8-5-4-6-9-23/h4-6,8-9,11-14,16-17,22,28H,7,10,15,18-19,31H2,1-3H3,(H2,32,35)/t22-,28+/m1/s1. The average Bonchev–Trinajstić information content (AvgIpc) is 2.92. The molecule has 0 spiro atoms. The van der Waals surface area contributed by atoms with Gasteiger partial charge in [-0.2, -0.15) is 0 Å². The number of amides is 2. The number of non-ortho nitro benzene ring substituents is 1. The molecule has 3 aromatic rings. The van der Waals surface area contributed by atoms with Crippen molar-refractivity contribution in [2.75, 3.05) is 6.54 Å². The Bertz CT molecular complexity index is 1270. The number of carbonyl (C=O) groups excluding carboxylic acids is 2. The van der Waals surface area contributed by atoms with E-state index in [0.29, 0.717) is 25.1 Å². The van der Waals surface area contributed by atoms with Crippen molar-refractivity contribution in [2.24, 2.45) is 11.5 Å². The lowest BCUT2D eigenvalue weighted by molar-refractivity contribution is -0.384. The number of carbonyl (C=O) groups is 2. The van der Waals surface area contributed by atoms with Crippen LogP contribution in [0.4, 0.5) is 5.69 Å². The van der Waals surface area contributed by atoms with Crippen LogP contribution in [0.15, 0.2) is 66.7 Å². The first-order valence-electron chi connectivity index (χ1n) is 12.9. The minimum atomic E-state index is -0.840. The maximum Gasteiger partial charge on any atom is 0.269 e. The summed E-state index contributed by atoms with van der Waals surface area (Å²) in [6, 6.07) is 18.3. The van der Waals surface area contributed by atoms with Gasteiger partial charge in [0, 0.05) is 18.7 Å². The predicted molar refractivity (Wildman–Crippen MR) is 150 cm³/mol. The molecule has 3 aromatic carbocycles. The Morgan fingerprint density at radius 3 is 2.18 bits per heavy atom. The van der Waals surface area contributed by atoms with Gasteiger partial charge in [0.2, 0.25) is 11.8 Å². The second-order valence-corrected chi connectivity index (χ2v) is 9.76. The van der Waals surface area contributed by atoms with E-state index in [1.165, 1.54) is 17.0 Å². The van der Waals surface area contributed by atoms with Crippen molar-refractivity contribution in [3.63, 3.8) is 0 Å². The van der Waals surface area contributed by atoms with E-state index >= 15 is 0 Å². The van der Waals surface area contributed by atoms with Crippen LogP contribution in [0.3, 0.4) is 0 Å². The maximum absolute atomic E-state index is 13.4. The van der Waals surface area contributed by atoms with Crippen LogP contribution in [0.5, 0.6) is 5.75 Å². The van der Waals surface area contributed by atoms with Gasteiger partial charge in [0.05, 0.1) is 11.0 Å². The van der Waals surface area contributed by atoms with Gasteiger partial charge < -0.3 is 21.1 Å². The normalized spacial score (nSPS) is 12.4. The van der Waals surface area contributed by atoms with Crippen molar-refractivity contribution in [1.82, 2.24) is 4.90 Å². The number of rotatable bonds is 13. The summed E-state index contributed by atoms with van der Waals surface area (Å²) in [5.74, 6) is -0.235. The lowest BCUT2D eigenvalue weighted by Gasteiger charge is -2.30. The molecule has 0 unspecified atom stereocenters. The van der Waals surface area contributed by atoms with Crippen LogP contribution < -0.4 is 16.2 Å². The molecule has 0 fully saturated rings.